The molecule has 6 heteroatoms. The maximum Gasteiger partial charge on any atom is 0.315 e. The van der Waals surface area contributed by atoms with E-state index in [1.165, 1.54) is 11.8 Å². The van der Waals surface area contributed by atoms with E-state index in [4.69, 9.17) is 0 Å². The summed E-state index contributed by atoms with van der Waals surface area (Å²) in [6.45, 7) is 4.50. The average Bonchev–Trinajstić information content (AvgIpc) is 2.70. The van der Waals surface area contributed by atoms with Crippen LogP contribution in [-0.4, -0.2) is 35.3 Å². The fraction of sp³-hybridized carbons (Fsp3) is 0.667. The molecule has 1 rings (SSSR count). The van der Waals surface area contributed by atoms with Crippen molar-refractivity contribution in [3.8, 4) is 0 Å². The summed E-state index contributed by atoms with van der Waals surface area (Å²) in [4.78, 5) is 26.7. The third-order valence-corrected chi connectivity index (χ3v) is 2.89. The van der Waals surface area contributed by atoms with Gasteiger partial charge >= 0.3 is 11.8 Å². The van der Waals surface area contributed by atoms with Crippen LogP contribution in [0.5, 0.6) is 0 Å². The van der Waals surface area contributed by atoms with Gasteiger partial charge in [0.15, 0.2) is 5.17 Å². The quantitative estimate of drug-likeness (QED) is 0.661. The number of amidine groups is 1. The van der Waals surface area contributed by atoms with Crippen LogP contribution in [0, 0.1) is 0 Å². The minimum atomic E-state index is -0.636. The van der Waals surface area contributed by atoms with Gasteiger partial charge in [-0.15, -0.1) is 0 Å². The van der Waals surface area contributed by atoms with Gasteiger partial charge in [0.1, 0.15) is 0 Å². The number of thioether (sulfide) groups is 1. The minimum Gasteiger partial charge on any atom is -0.345 e. The highest BCUT2D eigenvalue weighted by atomic mass is 32.2. The van der Waals surface area contributed by atoms with Gasteiger partial charge in [-0.1, -0.05) is 18.7 Å². The van der Waals surface area contributed by atoms with E-state index in [2.05, 4.69) is 15.6 Å². The molecule has 0 aliphatic carbocycles. The number of hydrogen-bond donors (Lipinski definition) is 2. The number of nitrogens with zero attached hydrogens (tertiary/aromatic N) is 1. The van der Waals surface area contributed by atoms with Gasteiger partial charge in [-0.05, 0) is 13.3 Å². The Labute approximate surface area is 93.1 Å². The number of carbonyl (C=O) groups is 2. The van der Waals surface area contributed by atoms with Gasteiger partial charge in [-0.25, -0.2) is 0 Å². The van der Waals surface area contributed by atoms with Gasteiger partial charge in [0.2, 0.25) is 0 Å². The third-order valence-electron chi connectivity index (χ3n) is 2.00. The molecular formula is C9H15N3O2S. The van der Waals surface area contributed by atoms with E-state index in [0.29, 0.717) is 11.7 Å². The predicted octanol–water partition coefficient (Wildman–Crippen LogP) is 0.120. The molecule has 5 nitrogen and oxygen atoms in total. The maximum absolute atomic E-state index is 11.3. The fourth-order valence-electron chi connectivity index (χ4n) is 0.956. The highest BCUT2D eigenvalue weighted by Crippen LogP contribution is 2.08. The van der Waals surface area contributed by atoms with Crippen LogP contribution in [0.3, 0.4) is 0 Å². The molecule has 0 bridgehead atoms. The Morgan fingerprint density at radius 1 is 1.53 bits per heavy atom. The van der Waals surface area contributed by atoms with Gasteiger partial charge in [-0.3, -0.25) is 19.9 Å². The Kier molecular flexibility index (Phi) is 4.61. The average molecular weight is 229 g/mol. The molecule has 0 radical (unpaired) electrons. The van der Waals surface area contributed by atoms with E-state index in [1.54, 1.807) is 0 Å². The van der Waals surface area contributed by atoms with Gasteiger partial charge in [0.25, 0.3) is 0 Å². The molecule has 0 aromatic carbocycles. The minimum absolute atomic E-state index is 0.0152. The summed E-state index contributed by atoms with van der Waals surface area (Å²) in [5, 5.41) is 5.60. The standard InChI is InChI=1S/C9H15N3O2S/c1-3-6(2)11-7(13)8(14)12-9-10-4-5-15-9/h6H,3-5H2,1-2H3,(H,11,13)(H,10,12,14). The van der Waals surface area contributed by atoms with Crippen LogP contribution >= 0.6 is 11.8 Å². The van der Waals surface area contributed by atoms with E-state index in [9.17, 15) is 9.59 Å². The van der Waals surface area contributed by atoms with E-state index < -0.39 is 11.8 Å². The lowest BCUT2D eigenvalue weighted by Crippen LogP contribution is -2.44. The molecule has 0 aromatic heterocycles. The topological polar surface area (TPSA) is 70.6 Å². The lowest BCUT2D eigenvalue weighted by atomic mass is 10.2. The molecule has 0 spiro atoms. The van der Waals surface area contributed by atoms with E-state index in [-0.39, 0.29) is 6.04 Å². The SMILES string of the molecule is CCC(C)NC(=O)C(=O)NC1=NCCS1. The van der Waals surface area contributed by atoms with E-state index in [1.807, 2.05) is 13.8 Å². The highest BCUT2D eigenvalue weighted by Gasteiger charge is 2.18. The second kappa shape index (κ2) is 5.75. The van der Waals surface area contributed by atoms with Gasteiger partial charge in [0, 0.05) is 11.8 Å². The number of hydrogen-bond acceptors (Lipinski definition) is 4. The fourth-order valence-corrected chi connectivity index (χ4v) is 1.68. The number of rotatable bonds is 2. The Bertz CT molecular complexity index is 291. The molecule has 1 unspecified atom stereocenters. The summed E-state index contributed by atoms with van der Waals surface area (Å²) in [6.07, 6.45) is 0.800. The molecule has 1 aliphatic heterocycles. The van der Waals surface area contributed by atoms with Crippen molar-refractivity contribution in [2.45, 2.75) is 26.3 Å². The van der Waals surface area contributed by atoms with Crippen LogP contribution in [-0.2, 0) is 9.59 Å². The molecule has 2 N–H and O–H groups in total. The van der Waals surface area contributed by atoms with Crippen LogP contribution in [0.4, 0.5) is 0 Å². The first-order chi connectivity index (χ1) is 7.13. The lowest BCUT2D eigenvalue weighted by molar-refractivity contribution is -0.138. The summed E-state index contributed by atoms with van der Waals surface area (Å²) < 4.78 is 0. The Morgan fingerprint density at radius 3 is 2.80 bits per heavy atom. The summed E-state index contributed by atoms with van der Waals surface area (Å²) in [5.74, 6) is -0.370. The van der Waals surface area contributed by atoms with Crippen molar-refractivity contribution in [3.63, 3.8) is 0 Å². The van der Waals surface area contributed by atoms with Crippen LogP contribution < -0.4 is 10.6 Å². The van der Waals surface area contributed by atoms with Crippen LogP contribution in [0.15, 0.2) is 4.99 Å². The molecule has 15 heavy (non-hydrogen) atoms. The Morgan fingerprint density at radius 2 is 2.27 bits per heavy atom. The maximum atomic E-state index is 11.3. The van der Waals surface area contributed by atoms with Crippen molar-refractivity contribution < 1.29 is 9.59 Å². The van der Waals surface area contributed by atoms with Crippen molar-refractivity contribution in [1.29, 1.82) is 0 Å². The summed E-state index contributed by atoms with van der Waals surface area (Å²) >= 11 is 1.45. The normalized spacial score (nSPS) is 16.8. The third kappa shape index (κ3) is 3.91. The molecule has 1 heterocycles. The molecule has 0 saturated heterocycles. The van der Waals surface area contributed by atoms with Gasteiger partial charge in [-0.2, -0.15) is 0 Å². The summed E-state index contributed by atoms with van der Waals surface area (Å²) in [5.41, 5.74) is 0. The zero-order valence-corrected chi connectivity index (χ0v) is 9.69. The van der Waals surface area contributed by atoms with Crippen LogP contribution in [0.25, 0.3) is 0 Å². The summed E-state index contributed by atoms with van der Waals surface area (Å²) in [7, 11) is 0. The number of nitrogens with one attached hydrogen (secondary N) is 2. The first-order valence-electron chi connectivity index (χ1n) is 4.92. The Balaban J connectivity index is 2.36. The highest BCUT2D eigenvalue weighted by molar-refractivity contribution is 8.14. The first kappa shape index (κ1) is 12.0. The van der Waals surface area contributed by atoms with Crippen LogP contribution in [0.1, 0.15) is 20.3 Å². The molecule has 1 aliphatic rings. The second-order valence-electron chi connectivity index (χ2n) is 3.27. The first-order valence-corrected chi connectivity index (χ1v) is 5.91. The molecule has 0 fully saturated rings. The number of carbonyl (C=O) groups excluding carboxylic acids is 2. The lowest BCUT2D eigenvalue weighted by Gasteiger charge is -2.10. The largest absolute Gasteiger partial charge is 0.345 e. The molecular weight excluding hydrogens is 214 g/mol. The van der Waals surface area contributed by atoms with Gasteiger partial charge in [0.05, 0.1) is 6.54 Å². The molecule has 84 valence electrons. The Hall–Kier alpha value is -1.04. The molecule has 1 atom stereocenters. The molecule has 0 saturated carbocycles. The van der Waals surface area contributed by atoms with Crippen molar-refractivity contribution in [1.82, 2.24) is 10.6 Å². The second-order valence-corrected chi connectivity index (χ2v) is 4.36. The smallest absolute Gasteiger partial charge is 0.315 e. The number of amides is 2. The monoisotopic (exact) mass is 229 g/mol. The zero-order chi connectivity index (χ0) is 11.3. The van der Waals surface area contributed by atoms with E-state index >= 15 is 0 Å². The molecule has 0 aromatic rings. The molecule has 2 amide bonds. The predicted molar refractivity (Wildman–Crippen MR) is 60.8 cm³/mol. The van der Waals surface area contributed by atoms with Crippen molar-refractivity contribution >= 4 is 28.7 Å². The summed E-state index contributed by atoms with van der Waals surface area (Å²) in [6, 6.07) is 0.0152. The zero-order valence-electron chi connectivity index (χ0n) is 8.87. The van der Waals surface area contributed by atoms with Crippen molar-refractivity contribution in [2.24, 2.45) is 4.99 Å². The number of aliphatic imine (C=N–C) groups is 1. The van der Waals surface area contributed by atoms with Crippen molar-refractivity contribution in [3.05, 3.63) is 0 Å². The van der Waals surface area contributed by atoms with Gasteiger partial charge < -0.3 is 5.32 Å². The van der Waals surface area contributed by atoms with E-state index in [0.717, 1.165) is 12.2 Å². The van der Waals surface area contributed by atoms with Crippen molar-refractivity contribution in [2.75, 3.05) is 12.3 Å². The van der Waals surface area contributed by atoms with Crippen LogP contribution in [0.2, 0.25) is 0 Å².